The summed E-state index contributed by atoms with van der Waals surface area (Å²) < 4.78 is 5.95. The highest BCUT2D eigenvalue weighted by Gasteiger charge is 2.20. The molecule has 0 fully saturated rings. The number of nitrogens with zero attached hydrogens (tertiary/aromatic N) is 3. The zero-order valence-electron chi connectivity index (χ0n) is 14.4. The molecule has 8 nitrogen and oxygen atoms in total. The van der Waals surface area contributed by atoms with Crippen LogP contribution in [0.1, 0.15) is 11.7 Å². The van der Waals surface area contributed by atoms with Gasteiger partial charge in [0.05, 0.1) is 12.6 Å². The van der Waals surface area contributed by atoms with Crippen LogP contribution in [0.5, 0.6) is 5.88 Å². The second-order valence-electron chi connectivity index (χ2n) is 5.70. The summed E-state index contributed by atoms with van der Waals surface area (Å²) in [6.07, 6.45) is -1.46. The molecule has 138 valence electrons. The number of para-hydroxylation sites is 1. The number of aliphatic hydroxyl groups excluding tert-OH is 1. The van der Waals surface area contributed by atoms with Crippen LogP contribution in [0.4, 0.5) is 5.69 Å². The van der Waals surface area contributed by atoms with Crippen molar-refractivity contribution < 1.29 is 24.5 Å². The number of rotatable bonds is 5. The summed E-state index contributed by atoms with van der Waals surface area (Å²) in [6, 6.07) is 15.2. The molecule has 1 unspecified atom stereocenters. The molecule has 8 heteroatoms. The number of hydrogen-bond acceptors (Lipinski definition) is 6. The van der Waals surface area contributed by atoms with Gasteiger partial charge in [-0.1, -0.05) is 48.5 Å². The highest BCUT2D eigenvalue weighted by molar-refractivity contribution is 5.96. The summed E-state index contributed by atoms with van der Waals surface area (Å²) in [5.41, 5.74) is 0.951. The molecule has 0 bridgehead atoms. The number of aromatic nitrogens is 1. The first kappa shape index (κ1) is 18.3. The minimum atomic E-state index is -1.46. The fraction of sp³-hybridized carbons (Fsp3) is 0.158. The number of azo groups is 1. The lowest BCUT2D eigenvalue weighted by atomic mass is 10.1. The molecular formula is C19H17N3O5. The number of carbonyl (C=O) groups is 2. The molecule has 0 radical (unpaired) electrons. The monoisotopic (exact) mass is 367 g/mol. The van der Waals surface area contributed by atoms with Crippen LogP contribution in [-0.4, -0.2) is 33.8 Å². The first-order valence-electron chi connectivity index (χ1n) is 8.08. The quantitative estimate of drug-likeness (QED) is 0.532. The number of methoxy groups -OCH3 is 1. The number of ether oxygens (including phenoxy) is 1. The minimum absolute atomic E-state index is 0.0307. The van der Waals surface area contributed by atoms with E-state index in [0.29, 0.717) is 16.5 Å². The Labute approximate surface area is 154 Å². The largest absolute Gasteiger partial charge is 0.493 e. The lowest BCUT2D eigenvalue weighted by Crippen LogP contribution is -2.10. The predicted molar refractivity (Wildman–Crippen MR) is 96.5 cm³/mol. The Hall–Kier alpha value is -3.52. The van der Waals surface area contributed by atoms with E-state index in [-0.39, 0.29) is 18.1 Å². The molecular weight excluding hydrogens is 350 g/mol. The predicted octanol–water partition coefficient (Wildman–Crippen LogP) is 2.86. The van der Waals surface area contributed by atoms with Crippen molar-refractivity contribution in [3.05, 3.63) is 60.2 Å². The normalized spacial score (nSPS) is 12.4. The first-order valence-corrected chi connectivity index (χ1v) is 8.08. The fourth-order valence-electron chi connectivity index (χ4n) is 2.66. The summed E-state index contributed by atoms with van der Waals surface area (Å²) in [4.78, 5) is 23.7. The molecule has 0 saturated carbocycles. The van der Waals surface area contributed by atoms with Gasteiger partial charge in [-0.3, -0.25) is 14.2 Å². The Bertz CT molecular complexity index is 1010. The average Bonchev–Trinajstić information content (AvgIpc) is 2.97. The summed E-state index contributed by atoms with van der Waals surface area (Å²) in [5, 5.41) is 28.4. The second-order valence-corrected chi connectivity index (χ2v) is 5.70. The van der Waals surface area contributed by atoms with Gasteiger partial charge in [0.1, 0.15) is 6.54 Å². The molecule has 1 amide bonds. The van der Waals surface area contributed by atoms with Crippen molar-refractivity contribution in [2.75, 3.05) is 7.11 Å². The highest BCUT2D eigenvalue weighted by Crippen LogP contribution is 2.38. The average molecular weight is 367 g/mol. The molecule has 0 aliphatic carbocycles. The lowest BCUT2D eigenvalue weighted by Gasteiger charge is -2.05. The van der Waals surface area contributed by atoms with Crippen molar-refractivity contribution in [3.8, 4) is 5.88 Å². The standard InChI is InChI=1S/C19H17N3O5/c1-27-15(23)11-22-14-10-6-5-9-13(14)16(19(22)26)20-21-18(25)17(24)12-7-3-2-4-8-12/h2-10,17,24,26H,11H2,1H3. The molecule has 1 aromatic heterocycles. The molecule has 1 atom stereocenters. The smallest absolute Gasteiger partial charge is 0.325 e. The maximum absolute atomic E-state index is 12.1. The number of hydrogen-bond donors (Lipinski definition) is 2. The van der Waals surface area contributed by atoms with Crippen LogP contribution in [-0.2, 0) is 20.9 Å². The molecule has 0 aliphatic heterocycles. The summed E-state index contributed by atoms with van der Waals surface area (Å²) in [7, 11) is 1.25. The summed E-state index contributed by atoms with van der Waals surface area (Å²) >= 11 is 0. The van der Waals surface area contributed by atoms with Crippen LogP contribution in [0.3, 0.4) is 0 Å². The van der Waals surface area contributed by atoms with Gasteiger partial charge in [0.15, 0.2) is 11.8 Å². The van der Waals surface area contributed by atoms with Crippen LogP contribution in [0, 0.1) is 0 Å². The van der Waals surface area contributed by atoms with Crippen LogP contribution >= 0.6 is 0 Å². The fourth-order valence-corrected chi connectivity index (χ4v) is 2.66. The summed E-state index contributed by atoms with van der Waals surface area (Å²) in [6.45, 7) is -0.223. The van der Waals surface area contributed by atoms with Crippen LogP contribution < -0.4 is 0 Å². The van der Waals surface area contributed by atoms with Gasteiger partial charge in [0.2, 0.25) is 5.88 Å². The van der Waals surface area contributed by atoms with Crippen molar-refractivity contribution in [3.63, 3.8) is 0 Å². The van der Waals surface area contributed by atoms with E-state index in [2.05, 4.69) is 15.0 Å². The lowest BCUT2D eigenvalue weighted by molar-refractivity contribution is -0.141. The number of esters is 1. The van der Waals surface area contributed by atoms with Gasteiger partial charge >= 0.3 is 5.97 Å². The number of aromatic hydroxyl groups is 1. The van der Waals surface area contributed by atoms with Crippen molar-refractivity contribution >= 4 is 28.5 Å². The van der Waals surface area contributed by atoms with E-state index >= 15 is 0 Å². The number of amides is 1. The maximum Gasteiger partial charge on any atom is 0.325 e. The molecule has 2 aromatic carbocycles. The van der Waals surface area contributed by atoms with Crippen molar-refractivity contribution in [2.24, 2.45) is 10.2 Å². The van der Waals surface area contributed by atoms with Crippen molar-refractivity contribution in [1.82, 2.24) is 4.57 Å². The van der Waals surface area contributed by atoms with E-state index in [1.165, 1.54) is 11.7 Å². The molecule has 2 N–H and O–H groups in total. The molecule has 3 aromatic rings. The Morgan fingerprint density at radius 1 is 1.11 bits per heavy atom. The van der Waals surface area contributed by atoms with E-state index in [1.807, 2.05) is 0 Å². The molecule has 0 saturated heterocycles. The van der Waals surface area contributed by atoms with E-state index in [0.717, 1.165) is 0 Å². The number of fused-ring (bicyclic) bond motifs is 1. The minimum Gasteiger partial charge on any atom is -0.493 e. The van der Waals surface area contributed by atoms with E-state index < -0.39 is 18.0 Å². The SMILES string of the molecule is COC(=O)Cn1c(O)c(N=NC(=O)C(O)c2ccccc2)c2ccccc21. The van der Waals surface area contributed by atoms with Gasteiger partial charge < -0.3 is 14.9 Å². The molecule has 27 heavy (non-hydrogen) atoms. The molecule has 3 rings (SSSR count). The Morgan fingerprint density at radius 2 is 1.78 bits per heavy atom. The zero-order valence-corrected chi connectivity index (χ0v) is 14.4. The number of carbonyl (C=O) groups excluding carboxylic acids is 2. The van der Waals surface area contributed by atoms with Gasteiger partial charge in [-0.15, -0.1) is 10.2 Å². The third-order valence-electron chi connectivity index (χ3n) is 4.03. The van der Waals surface area contributed by atoms with Crippen LogP contribution in [0.25, 0.3) is 10.9 Å². The Morgan fingerprint density at radius 3 is 2.48 bits per heavy atom. The van der Waals surface area contributed by atoms with Crippen molar-refractivity contribution in [2.45, 2.75) is 12.6 Å². The van der Waals surface area contributed by atoms with Crippen molar-refractivity contribution in [1.29, 1.82) is 0 Å². The van der Waals surface area contributed by atoms with Gasteiger partial charge in [0, 0.05) is 5.39 Å². The van der Waals surface area contributed by atoms with Gasteiger partial charge in [-0.2, -0.15) is 0 Å². The molecule has 1 heterocycles. The van der Waals surface area contributed by atoms with E-state index in [1.54, 1.807) is 54.6 Å². The topological polar surface area (TPSA) is 113 Å². The highest BCUT2D eigenvalue weighted by atomic mass is 16.5. The van der Waals surface area contributed by atoms with Gasteiger partial charge in [-0.25, -0.2) is 0 Å². The maximum atomic E-state index is 12.1. The zero-order chi connectivity index (χ0) is 19.4. The van der Waals surface area contributed by atoms with E-state index in [9.17, 15) is 19.8 Å². The molecule has 0 aliphatic rings. The Kier molecular flexibility index (Phi) is 5.28. The van der Waals surface area contributed by atoms with Crippen LogP contribution in [0.2, 0.25) is 0 Å². The third kappa shape index (κ3) is 3.70. The molecule has 0 spiro atoms. The van der Waals surface area contributed by atoms with Crippen LogP contribution in [0.15, 0.2) is 64.8 Å². The van der Waals surface area contributed by atoms with Gasteiger partial charge in [0.25, 0.3) is 5.91 Å². The third-order valence-corrected chi connectivity index (χ3v) is 4.03. The van der Waals surface area contributed by atoms with E-state index in [4.69, 9.17) is 0 Å². The number of aliphatic hydroxyl groups is 1. The van der Waals surface area contributed by atoms with Gasteiger partial charge in [-0.05, 0) is 11.6 Å². The second kappa shape index (κ2) is 7.79. The first-order chi connectivity index (χ1) is 13.0. The number of benzene rings is 2. The summed E-state index contributed by atoms with van der Waals surface area (Å²) in [5.74, 6) is -1.75. The Balaban J connectivity index is 1.95.